The molecule has 1 aliphatic heterocycles. The number of aromatic nitrogens is 2. The summed E-state index contributed by atoms with van der Waals surface area (Å²) in [7, 11) is 5.37. The van der Waals surface area contributed by atoms with Gasteiger partial charge in [0.25, 0.3) is 0 Å². The highest BCUT2D eigenvalue weighted by molar-refractivity contribution is 7.99. The van der Waals surface area contributed by atoms with Crippen LogP contribution in [0.25, 0.3) is 0 Å². The Labute approximate surface area is 164 Å². The van der Waals surface area contributed by atoms with Crippen molar-refractivity contribution in [2.24, 2.45) is 0 Å². The van der Waals surface area contributed by atoms with E-state index >= 15 is 0 Å². The van der Waals surface area contributed by atoms with E-state index < -0.39 is 0 Å². The Balaban J connectivity index is 0.00000243. The van der Waals surface area contributed by atoms with Gasteiger partial charge in [-0.3, -0.25) is 4.90 Å². The van der Waals surface area contributed by atoms with Crippen LogP contribution in [0.2, 0.25) is 0 Å². The molecule has 1 unspecified atom stereocenters. The molecule has 1 aliphatic rings. The number of likely N-dealkylation sites (N-methyl/N-ethyl adjacent to an activating group) is 1. The zero-order valence-corrected chi connectivity index (χ0v) is 16.9. The fourth-order valence-electron chi connectivity index (χ4n) is 2.76. The van der Waals surface area contributed by atoms with Crippen LogP contribution < -0.4 is 14.8 Å². The van der Waals surface area contributed by atoms with Crippen molar-refractivity contribution in [2.75, 3.05) is 46.7 Å². The first-order chi connectivity index (χ1) is 12.2. The third kappa shape index (κ3) is 5.03. The van der Waals surface area contributed by atoms with E-state index in [1.54, 1.807) is 26.0 Å². The second-order valence-corrected chi connectivity index (χ2v) is 7.03. The van der Waals surface area contributed by atoms with Crippen LogP contribution in [0.3, 0.4) is 0 Å². The first-order valence-electron chi connectivity index (χ1n) is 8.29. The molecular weight excluding hydrogens is 376 g/mol. The molecule has 0 saturated carbocycles. The van der Waals surface area contributed by atoms with E-state index in [0.29, 0.717) is 5.89 Å². The molecule has 1 aromatic heterocycles. The van der Waals surface area contributed by atoms with Gasteiger partial charge in [-0.25, -0.2) is 0 Å². The molecular formula is C17H25ClN4O3S. The van der Waals surface area contributed by atoms with Gasteiger partial charge in [0.05, 0.1) is 20.3 Å². The number of nitrogens with zero attached hydrogens (tertiary/aromatic N) is 3. The Morgan fingerprint density at radius 3 is 2.85 bits per heavy atom. The molecule has 2 heterocycles. The van der Waals surface area contributed by atoms with E-state index in [9.17, 15) is 0 Å². The lowest BCUT2D eigenvalue weighted by molar-refractivity contribution is 0.190. The highest BCUT2D eigenvalue weighted by Crippen LogP contribution is 2.32. The van der Waals surface area contributed by atoms with Crippen molar-refractivity contribution in [1.29, 1.82) is 0 Å². The van der Waals surface area contributed by atoms with Gasteiger partial charge < -0.3 is 19.3 Å². The van der Waals surface area contributed by atoms with Gasteiger partial charge >= 0.3 is 0 Å². The van der Waals surface area contributed by atoms with Crippen LogP contribution in [0.4, 0.5) is 0 Å². The lowest BCUT2D eigenvalue weighted by Gasteiger charge is -2.30. The zero-order chi connectivity index (χ0) is 17.6. The Kier molecular flexibility index (Phi) is 8.02. The molecule has 144 valence electrons. The summed E-state index contributed by atoms with van der Waals surface area (Å²) in [5.41, 5.74) is 0. The number of halogens is 1. The Morgan fingerprint density at radius 2 is 2.12 bits per heavy atom. The third-order valence-corrected chi connectivity index (χ3v) is 5.23. The highest BCUT2D eigenvalue weighted by atomic mass is 35.5. The van der Waals surface area contributed by atoms with Crippen LogP contribution in [0.1, 0.15) is 17.8 Å². The number of benzene rings is 1. The summed E-state index contributed by atoms with van der Waals surface area (Å²) in [5, 5.41) is 7.52. The normalized spacial score (nSPS) is 17.6. The summed E-state index contributed by atoms with van der Waals surface area (Å²) in [6.45, 7) is 2.85. The predicted molar refractivity (Wildman–Crippen MR) is 104 cm³/mol. The molecule has 0 radical (unpaired) electrons. The number of nitrogens with one attached hydrogen (secondary N) is 1. The minimum atomic E-state index is 0. The number of aryl methyl sites for hydroxylation is 1. The smallest absolute Gasteiger partial charge is 0.227 e. The summed E-state index contributed by atoms with van der Waals surface area (Å²) < 4.78 is 16.0. The molecule has 1 saturated heterocycles. The quantitative estimate of drug-likeness (QED) is 0.710. The summed E-state index contributed by atoms with van der Waals surface area (Å²) >= 11 is 1.72. The van der Waals surface area contributed by atoms with Gasteiger partial charge in [0.15, 0.2) is 17.3 Å². The van der Waals surface area contributed by atoms with Crippen LogP contribution >= 0.6 is 24.2 Å². The molecule has 0 amide bonds. The molecule has 3 rings (SSSR count). The van der Waals surface area contributed by atoms with Crippen LogP contribution in [0.15, 0.2) is 27.6 Å². The van der Waals surface area contributed by atoms with E-state index in [2.05, 4.69) is 27.4 Å². The first-order valence-corrected chi connectivity index (χ1v) is 9.28. The van der Waals surface area contributed by atoms with Crippen molar-refractivity contribution >= 4 is 24.2 Å². The second-order valence-electron chi connectivity index (χ2n) is 5.86. The van der Waals surface area contributed by atoms with E-state index in [1.165, 1.54) is 0 Å². The summed E-state index contributed by atoms with van der Waals surface area (Å²) in [5.74, 6) is 3.78. The lowest BCUT2D eigenvalue weighted by atomic mass is 10.2. The maximum atomic E-state index is 5.41. The number of hydrogen-bond acceptors (Lipinski definition) is 8. The van der Waals surface area contributed by atoms with Gasteiger partial charge in [0.1, 0.15) is 0 Å². The standard InChI is InChI=1S/C17H24N4O3S.ClH/c1-21-8-7-18-11-13(21)17-19-16(24-20-17)6-9-25-12-4-5-14(22-2)15(10-12)23-3;/h4-5,10,13,18H,6-9,11H2,1-3H3;1H. The molecule has 9 heteroatoms. The second kappa shape index (κ2) is 10.0. The SMILES string of the molecule is COc1ccc(SCCc2nc(C3CNCCN3C)no2)cc1OC.Cl. The fraction of sp³-hybridized carbons (Fsp3) is 0.529. The van der Waals surface area contributed by atoms with Crippen molar-refractivity contribution in [3.8, 4) is 11.5 Å². The summed E-state index contributed by atoms with van der Waals surface area (Å²) in [4.78, 5) is 7.93. The largest absolute Gasteiger partial charge is 0.493 e. The van der Waals surface area contributed by atoms with Gasteiger partial charge in [-0.2, -0.15) is 4.98 Å². The molecule has 7 nitrogen and oxygen atoms in total. The molecule has 1 aromatic carbocycles. The first kappa shape index (κ1) is 20.8. The zero-order valence-electron chi connectivity index (χ0n) is 15.2. The number of piperazine rings is 1. The molecule has 2 aromatic rings. The molecule has 1 N–H and O–H groups in total. The molecule has 1 fully saturated rings. The van der Waals surface area contributed by atoms with Gasteiger partial charge in [-0.1, -0.05) is 5.16 Å². The third-order valence-electron chi connectivity index (χ3n) is 4.23. The number of methoxy groups -OCH3 is 2. The Bertz CT molecular complexity index is 700. The number of thioether (sulfide) groups is 1. The minimum Gasteiger partial charge on any atom is -0.493 e. The van der Waals surface area contributed by atoms with Crippen LogP contribution in [0.5, 0.6) is 11.5 Å². The average Bonchev–Trinajstić information content (AvgIpc) is 3.10. The van der Waals surface area contributed by atoms with Crippen molar-refractivity contribution in [1.82, 2.24) is 20.4 Å². The van der Waals surface area contributed by atoms with E-state index in [1.807, 2.05) is 18.2 Å². The average molecular weight is 401 g/mol. The molecule has 0 spiro atoms. The van der Waals surface area contributed by atoms with Crippen molar-refractivity contribution in [2.45, 2.75) is 17.4 Å². The number of hydrogen-bond donors (Lipinski definition) is 1. The Hall–Kier alpha value is -1.48. The molecule has 26 heavy (non-hydrogen) atoms. The number of rotatable bonds is 7. The molecule has 1 atom stereocenters. The number of ether oxygens (including phenoxy) is 2. The Morgan fingerprint density at radius 1 is 1.31 bits per heavy atom. The summed E-state index contributed by atoms with van der Waals surface area (Å²) in [6, 6.07) is 6.10. The van der Waals surface area contributed by atoms with E-state index in [0.717, 1.165) is 54.0 Å². The van der Waals surface area contributed by atoms with E-state index in [-0.39, 0.29) is 18.4 Å². The van der Waals surface area contributed by atoms with Crippen molar-refractivity contribution in [3.05, 3.63) is 29.9 Å². The molecule has 0 aliphatic carbocycles. The van der Waals surface area contributed by atoms with Gasteiger partial charge in [-0.05, 0) is 25.2 Å². The topological polar surface area (TPSA) is 72.7 Å². The van der Waals surface area contributed by atoms with Gasteiger partial charge in [0.2, 0.25) is 5.89 Å². The maximum absolute atomic E-state index is 5.41. The van der Waals surface area contributed by atoms with Crippen LogP contribution in [-0.2, 0) is 6.42 Å². The van der Waals surface area contributed by atoms with Gasteiger partial charge in [-0.15, -0.1) is 24.2 Å². The summed E-state index contributed by atoms with van der Waals surface area (Å²) in [6.07, 6.45) is 0.732. The fourth-order valence-corrected chi connectivity index (χ4v) is 3.63. The lowest BCUT2D eigenvalue weighted by Crippen LogP contribution is -2.44. The molecule has 0 bridgehead atoms. The highest BCUT2D eigenvalue weighted by Gasteiger charge is 2.25. The van der Waals surface area contributed by atoms with Gasteiger partial charge in [0, 0.05) is 36.7 Å². The predicted octanol–water partition coefficient (Wildman–Crippen LogP) is 2.42. The van der Waals surface area contributed by atoms with Crippen LogP contribution in [-0.4, -0.2) is 61.7 Å². The van der Waals surface area contributed by atoms with E-state index in [4.69, 9.17) is 14.0 Å². The monoisotopic (exact) mass is 400 g/mol. The maximum Gasteiger partial charge on any atom is 0.227 e. The minimum absolute atomic E-state index is 0. The van der Waals surface area contributed by atoms with Crippen molar-refractivity contribution < 1.29 is 14.0 Å². The van der Waals surface area contributed by atoms with Crippen molar-refractivity contribution in [3.63, 3.8) is 0 Å². The van der Waals surface area contributed by atoms with Crippen LogP contribution in [0, 0.1) is 0 Å².